The minimum Gasteiger partial charge on any atom is -0.375 e. The fraction of sp³-hybridized carbons (Fsp3) is 0.480. The fourth-order valence-electron chi connectivity index (χ4n) is 4.86. The van der Waals surface area contributed by atoms with Gasteiger partial charge in [0.1, 0.15) is 11.6 Å². The fourth-order valence-corrected chi connectivity index (χ4v) is 4.91. The van der Waals surface area contributed by atoms with Gasteiger partial charge in [-0.1, -0.05) is 0 Å². The number of anilines is 3. The number of rotatable bonds is 6. The highest BCUT2D eigenvalue weighted by molar-refractivity contribution is 7.80. The number of nitrogens with two attached hydrogens (primary N) is 1. The molecule has 2 fully saturated rings. The van der Waals surface area contributed by atoms with Crippen LogP contribution in [-0.4, -0.2) is 80.6 Å². The quantitative estimate of drug-likeness (QED) is 0.245. The van der Waals surface area contributed by atoms with Crippen LogP contribution in [0.4, 0.5) is 34.8 Å². The molecule has 3 heterocycles. The summed E-state index contributed by atoms with van der Waals surface area (Å²) in [6, 6.07) is 6.15. The van der Waals surface area contributed by atoms with Gasteiger partial charge in [-0.3, -0.25) is 5.43 Å². The van der Waals surface area contributed by atoms with Crippen LogP contribution >= 0.6 is 12.2 Å². The molecule has 2 saturated heterocycles. The predicted molar refractivity (Wildman–Crippen MR) is 147 cm³/mol. The van der Waals surface area contributed by atoms with E-state index in [4.69, 9.17) is 18.0 Å². The second-order valence-corrected chi connectivity index (χ2v) is 10.1. The number of aromatic nitrogens is 1. The summed E-state index contributed by atoms with van der Waals surface area (Å²) in [4.78, 5) is 12.4. The van der Waals surface area contributed by atoms with Crippen molar-refractivity contribution in [2.75, 3.05) is 68.1 Å². The standard InChI is InChI=1S/C25H32F4N8S/c1-34(2)19-6-9-37(16-19)21-13-22(20(26)12-17(21)14-32-33-24(30)38)35-7-3-8-36(11-10-35)23-5-4-18(15-31-23)25(27,28)29/h4-5,12-15,19H,3,6-11,16H2,1-2H3,(H3,30,33,38)/b32-14+/t19-/m1/s1. The first-order valence-electron chi connectivity index (χ1n) is 12.4. The molecule has 0 aliphatic carbocycles. The van der Waals surface area contributed by atoms with Crippen molar-refractivity contribution in [3.8, 4) is 0 Å². The van der Waals surface area contributed by atoms with Crippen LogP contribution in [0.3, 0.4) is 0 Å². The zero-order chi connectivity index (χ0) is 27.4. The summed E-state index contributed by atoms with van der Waals surface area (Å²) in [5.41, 5.74) is 9.17. The summed E-state index contributed by atoms with van der Waals surface area (Å²) in [6.07, 6.45) is -0.370. The van der Waals surface area contributed by atoms with Crippen molar-refractivity contribution in [2.24, 2.45) is 10.8 Å². The Morgan fingerprint density at radius 2 is 1.84 bits per heavy atom. The van der Waals surface area contributed by atoms with Crippen LogP contribution < -0.4 is 25.9 Å². The molecule has 206 valence electrons. The van der Waals surface area contributed by atoms with Crippen molar-refractivity contribution in [1.82, 2.24) is 15.3 Å². The second kappa shape index (κ2) is 11.7. The van der Waals surface area contributed by atoms with Crippen molar-refractivity contribution in [2.45, 2.75) is 25.1 Å². The van der Waals surface area contributed by atoms with Crippen molar-refractivity contribution >= 4 is 40.7 Å². The Labute approximate surface area is 225 Å². The first-order valence-corrected chi connectivity index (χ1v) is 12.8. The van der Waals surface area contributed by atoms with Gasteiger partial charge < -0.3 is 25.3 Å². The lowest BCUT2D eigenvalue weighted by Gasteiger charge is -2.28. The molecule has 1 aromatic heterocycles. The molecular weight excluding hydrogens is 520 g/mol. The number of hydrogen-bond acceptors (Lipinski definition) is 7. The van der Waals surface area contributed by atoms with Gasteiger partial charge in [-0.15, -0.1) is 0 Å². The topological polar surface area (TPSA) is 76.3 Å². The van der Waals surface area contributed by atoms with Gasteiger partial charge >= 0.3 is 6.18 Å². The monoisotopic (exact) mass is 552 g/mol. The number of halogens is 4. The smallest absolute Gasteiger partial charge is 0.375 e. The molecule has 38 heavy (non-hydrogen) atoms. The third-order valence-electron chi connectivity index (χ3n) is 6.94. The molecule has 0 amide bonds. The van der Waals surface area contributed by atoms with Gasteiger partial charge in [0, 0.05) is 62.8 Å². The molecule has 0 radical (unpaired) electrons. The average Bonchev–Trinajstić information content (AvgIpc) is 3.22. The number of hydrazone groups is 1. The van der Waals surface area contributed by atoms with Gasteiger partial charge in [0.05, 0.1) is 17.5 Å². The summed E-state index contributed by atoms with van der Waals surface area (Å²) in [6.45, 7) is 3.83. The summed E-state index contributed by atoms with van der Waals surface area (Å²) < 4.78 is 54.2. The Balaban J connectivity index is 1.56. The normalized spacial score (nSPS) is 18.9. The maximum absolute atomic E-state index is 15.5. The lowest BCUT2D eigenvalue weighted by atomic mass is 10.1. The molecule has 4 rings (SSSR count). The Kier molecular flexibility index (Phi) is 8.56. The predicted octanol–water partition coefficient (Wildman–Crippen LogP) is 3.26. The van der Waals surface area contributed by atoms with Crippen molar-refractivity contribution in [3.63, 3.8) is 0 Å². The number of thiocarbonyl (C=S) groups is 1. The summed E-state index contributed by atoms with van der Waals surface area (Å²) in [5, 5.41) is 4.07. The maximum Gasteiger partial charge on any atom is 0.417 e. The first kappa shape index (κ1) is 27.8. The summed E-state index contributed by atoms with van der Waals surface area (Å²) in [7, 11) is 4.10. The third kappa shape index (κ3) is 6.62. The van der Waals surface area contributed by atoms with E-state index in [1.165, 1.54) is 18.3 Å². The van der Waals surface area contributed by atoms with Gasteiger partial charge in [-0.25, -0.2) is 9.37 Å². The largest absolute Gasteiger partial charge is 0.417 e. The minimum atomic E-state index is -4.43. The molecule has 3 N–H and O–H groups in total. The Morgan fingerprint density at radius 1 is 1.11 bits per heavy atom. The molecule has 8 nitrogen and oxygen atoms in total. The SMILES string of the molecule is CN(C)[C@@H]1CCN(c2cc(N3CCCN(c4ccc(C(F)(F)F)cn4)CC3)c(F)cc2/C=N/NC(N)=S)C1. The van der Waals surface area contributed by atoms with E-state index in [1.807, 2.05) is 30.0 Å². The van der Waals surface area contributed by atoms with Gasteiger partial charge in [-0.05, 0) is 63.4 Å². The molecule has 2 aliphatic rings. The van der Waals surface area contributed by atoms with Gasteiger partial charge in [0.2, 0.25) is 0 Å². The van der Waals surface area contributed by atoms with E-state index in [2.05, 4.69) is 25.3 Å². The van der Waals surface area contributed by atoms with E-state index in [1.54, 1.807) is 0 Å². The number of benzene rings is 1. The zero-order valence-electron chi connectivity index (χ0n) is 21.4. The van der Waals surface area contributed by atoms with E-state index in [0.29, 0.717) is 55.7 Å². The third-order valence-corrected chi connectivity index (χ3v) is 7.04. The van der Waals surface area contributed by atoms with Crippen LogP contribution in [0.15, 0.2) is 35.6 Å². The molecule has 1 aromatic carbocycles. The van der Waals surface area contributed by atoms with Crippen molar-refractivity contribution < 1.29 is 17.6 Å². The molecule has 0 spiro atoms. The van der Waals surface area contributed by atoms with E-state index in [0.717, 1.165) is 37.5 Å². The van der Waals surface area contributed by atoms with Gasteiger partial charge in [0.25, 0.3) is 0 Å². The van der Waals surface area contributed by atoms with Crippen molar-refractivity contribution in [1.29, 1.82) is 0 Å². The Morgan fingerprint density at radius 3 is 2.47 bits per heavy atom. The first-order chi connectivity index (χ1) is 18.0. The highest BCUT2D eigenvalue weighted by atomic mass is 32.1. The molecule has 0 bridgehead atoms. The van der Waals surface area contributed by atoms with E-state index in [9.17, 15) is 13.2 Å². The summed E-state index contributed by atoms with van der Waals surface area (Å²) >= 11 is 4.81. The van der Waals surface area contributed by atoms with E-state index >= 15 is 4.39 Å². The van der Waals surface area contributed by atoms with Crippen LogP contribution in [0.25, 0.3) is 0 Å². The molecule has 0 saturated carbocycles. The lowest BCUT2D eigenvalue weighted by Crippen LogP contribution is -2.33. The Hall–Kier alpha value is -3.19. The second-order valence-electron chi connectivity index (χ2n) is 9.68. The highest BCUT2D eigenvalue weighted by Gasteiger charge is 2.31. The van der Waals surface area contributed by atoms with Crippen LogP contribution in [0.2, 0.25) is 0 Å². The van der Waals surface area contributed by atoms with Crippen LogP contribution in [-0.2, 0) is 6.18 Å². The summed E-state index contributed by atoms with van der Waals surface area (Å²) in [5.74, 6) is 0.0969. The van der Waals surface area contributed by atoms with Crippen LogP contribution in [0.5, 0.6) is 0 Å². The highest BCUT2D eigenvalue weighted by Crippen LogP contribution is 2.33. The van der Waals surface area contributed by atoms with Crippen molar-refractivity contribution in [3.05, 3.63) is 47.4 Å². The number of hydrogen-bond donors (Lipinski definition) is 2. The van der Waals surface area contributed by atoms with E-state index in [-0.39, 0.29) is 10.9 Å². The number of likely N-dealkylation sites (N-methyl/N-ethyl adjacent to an activating group) is 1. The number of nitrogens with zero attached hydrogens (tertiary/aromatic N) is 6. The molecule has 0 unspecified atom stereocenters. The van der Waals surface area contributed by atoms with Gasteiger partial charge in [-0.2, -0.15) is 18.3 Å². The number of nitrogens with one attached hydrogen (secondary N) is 1. The van der Waals surface area contributed by atoms with E-state index < -0.39 is 11.7 Å². The van der Waals surface area contributed by atoms with Crippen LogP contribution in [0, 0.1) is 5.82 Å². The van der Waals surface area contributed by atoms with Gasteiger partial charge in [0.15, 0.2) is 5.11 Å². The molecular formula is C25H32F4N8S. The molecule has 1 atom stereocenters. The molecule has 13 heteroatoms. The average molecular weight is 553 g/mol. The number of pyridine rings is 1. The Bertz CT molecular complexity index is 1160. The maximum atomic E-state index is 15.5. The molecule has 2 aromatic rings. The minimum absolute atomic E-state index is 0.0189. The number of alkyl halides is 3. The zero-order valence-corrected chi connectivity index (χ0v) is 22.2. The molecule has 2 aliphatic heterocycles. The van der Waals surface area contributed by atoms with Crippen LogP contribution in [0.1, 0.15) is 24.0 Å². The lowest BCUT2D eigenvalue weighted by molar-refractivity contribution is -0.137.